The van der Waals surface area contributed by atoms with Gasteiger partial charge in [-0.15, -0.1) is 16.4 Å². The SMILES string of the molecule is O=C(NCc1cn(-c2ccc(-n3ccccc3=O)cc2OC[C@@H](O)CO)nn1)c1ccc(Cl)s1. The molecule has 0 unspecified atom stereocenters. The Bertz CT molecular complexity index is 1350. The second kappa shape index (κ2) is 10.6. The van der Waals surface area contributed by atoms with E-state index in [9.17, 15) is 14.7 Å². The molecule has 0 fully saturated rings. The highest BCUT2D eigenvalue weighted by molar-refractivity contribution is 7.17. The number of benzene rings is 1. The molecule has 3 N–H and O–H groups in total. The Kier molecular flexibility index (Phi) is 7.38. The number of thiophene rings is 1. The summed E-state index contributed by atoms with van der Waals surface area (Å²) in [6.07, 6.45) is 2.17. The van der Waals surface area contributed by atoms with Gasteiger partial charge in [-0.3, -0.25) is 14.2 Å². The molecule has 1 atom stereocenters. The number of aromatic nitrogens is 4. The van der Waals surface area contributed by atoms with Gasteiger partial charge in [0.15, 0.2) is 0 Å². The summed E-state index contributed by atoms with van der Waals surface area (Å²) < 4.78 is 9.15. The van der Waals surface area contributed by atoms with Gasteiger partial charge in [0.1, 0.15) is 29.8 Å². The van der Waals surface area contributed by atoms with Crippen molar-refractivity contribution in [3.8, 4) is 17.1 Å². The minimum atomic E-state index is -1.08. The van der Waals surface area contributed by atoms with Crippen LogP contribution in [0.4, 0.5) is 0 Å². The second-order valence-corrected chi connectivity index (χ2v) is 8.86. The highest BCUT2D eigenvalue weighted by Gasteiger charge is 2.14. The Morgan fingerprint density at radius 1 is 1.24 bits per heavy atom. The molecule has 0 saturated heterocycles. The number of aliphatic hydroxyl groups excluding tert-OH is 2. The van der Waals surface area contributed by atoms with Gasteiger partial charge in [0.25, 0.3) is 11.5 Å². The molecule has 0 bridgehead atoms. The molecule has 1 amide bonds. The number of carbonyl (C=O) groups excluding carboxylic acids is 1. The van der Waals surface area contributed by atoms with Crippen LogP contribution < -0.4 is 15.6 Å². The molecule has 0 radical (unpaired) electrons. The summed E-state index contributed by atoms with van der Waals surface area (Å²) in [6.45, 7) is -0.487. The number of rotatable bonds is 9. The van der Waals surface area contributed by atoms with E-state index >= 15 is 0 Å². The molecule has 4 rings (SSSR count). The number of ether oxygens (including phenoxy) is 1. The lowest BCUT2D eigenvalue weighted by atomic mass is 10.2. The van der Waals surface area contributed by atoms with Gasteiger partial charge < -0.3 is 20.3 Å². The number of carbonyl (C=O) groups is 1. The normalized spacial score (nSPS) is 11.9. The fraction of sp³-hybridized carbons (Fsp3) is 0.182. The minimum absolute atomic E-state index is 0.144. The van der Waals surface area contributed by atoms with Crippen LogP contribution in [0, 0.1) is 0 Å². The Morgan fingerprint density at radius 2 is 2.09 bits per heavy atom. The molecule has 176 valence electrons. The molecule has 10 nitrogen and oxygen atoms in total. The van der Waals surface area contributed by atoms with E-state index in [1.165, 1.54) is 26.7 Å². The van der Waals surface area contributed by atoms with Crippen molar-refractivity contribution in [1.82, 2.24) is 24.9 Å². The molecule has 0 saturated carbocycles. The molecule has 0 aliphatic heterocycles. The summed E-state index contributed by atoms with van der Waals surface area (Å²) in [6, 6.07) is 13.1. The zero-order valence-electron chi connectivity index (χ0n) is 17.7. The Balaban J connectivity index is 1.57. The van der Waals surface area contributed by atoms with Crippen LogP contribution in [-0.4, -0.2) is 55.0 Å². The first-order valence-electron chi connectivity index (χ1n) is 10.1. The van der Waals surface area contributed by atoms with E-state index in [1.807, 2.05) is 0 Å². The lowest BCUT2D eigenvalue weighted by Crippen LogP contribution is -2.22. The van der Waals surface area contributed by atoms with Crippen molar-refractivity contribution in [3.05, 3.63) is 86.2 Å². The van der Waals surface area contributed by atoms with E-state index in [0.29, 0.717) is 32.0 Å². The van der Waals surface area contributed by atoms with Crippen LogP contribution in [0.25, 0.3) is 11.4 Å². The van der Waals surface area contributed by atoms with E-state index in [1.54, 1.807) is 54.9 Å². The predicted octanol–water partition coefficient (Wildman–Crippen LogP) is 1.80. The Hall–Kier alpha value is -3.51. The highest BCUT2D eigenvalue weighted by Crippen LogP contribution is 2.26. The van der Waals surface area contributed by atoms with Crippen LogP contribution >= 0.6 is 22.9 Å². The third kappa shape index (κ3) is 5.51. The quantitative estimate of drug-likeness (QED) is 0.318. The van der Waals surface area contributed by atoms with Gasteiger partial charge in [0.2, 0.25) is 0 Å². The summed E-state index contributed by atoms with van der Waals surface area (Å²) >= 11 is 7.05. The number of halogens is 1. The van der Waals surface area contributed by atoms with E-state index in [-0.39, 0.29) is 24.6 Å². The average molecular weight is 502 g/mol. The van der Waals surface area contributed by atoms with E-state index in [4.69, 9.17) is 21.4 Å². The zero-order valence-corrected chi connectivity index (χ0v) is 19.2. The van der Waals surface area contributed by atoms with Gasteiger partial charge in [0.05, 0.1) is 34.2 Å². The molecule has 34 heavy (non-hydrogen) atoms. The smallest absolute Gasteiger partial charge is 0.261 e. The molecule has 0 spiro atoms. The van der Waals surface area contributed by atoms with Gasteiger partial charge in [0, 0.05) is 18.3 Å². The third-order valence-corrected chi connectivity index (χ3v) is 5.93. The first kappa shape index (κ1) is 23.6. The highest BCUT2D eigenvalue weighted by atomic mass is 35.5. The second-order valence-electron chi connectivity index (χ2n) is 7.15. The number of hydrogen-bond acceptors (Lipinski definition) is 8. The summed E-state index contributed by atoms with van der Waals surface area (Å²) in [5.41, 5.74) is 1.32. The number of pyridine rings is 1. The lowest BCUT2D eigenvalue weighted by Gasteiger charge is -2.15. The van der Waals surface area contributed by atoms with Crippen LogP contribution in [0.15, 0.2) is 65.7 Å². The lowest BCUT2D eigenvalue weighted by molar-refractivity contribution is 0.0535. The molecular formula is C22H20ClN5O5S. The Morgan fingerprint density at radius 3 is 2.82 bits per heavy atom. The van der Waals surface area contributed by atoms with Crippen LogP contribution in [0.2, 0.25) is 4.34 Å². The van der Waals surface area contributed by atoms with Gasteiger partial charge >= 0.3 is 0 Å². The topological polar surface area (TPSA) is 132 Å². The minimum Gasteiger partial charge on any atom is -0.488 e. The molecule has 0 aliphatic carbocycles. The molecular weight excluding hydrogens is 482 g/mol. The summed E-state index contributed by atoms with van der Waals surface area (Å²) in [7, 11) is 0. The van der Waals surface area contributed by atoms with Crippen LogP contribution in [0.1, 0.15) is 15.4 Å². The first-order valence-corrected chi connectivity index (χ1v) is 11.3. The van der Waals surface area contributed by atoms with Crippen molar-refractivity contribution in [1.29, 1.82) is 0 Å². The predicted molar refractivity (Wildman–Crippen MR) is 126 cm³/mol. The largest absolute Gasteiger partial charge is 0.488 e. The van der Waals surface area contributed by atoms with Crippen LogP contribution in [-0.2, 0) is 6.54 Å². The molecule has 3 aromatic heterocycles. The van der Waals surface area contributed by atoms with E-state index in [2.05, 4.69) is 15.6 Å². The molecule has 12 heteroatoms. The maximum Gasteiger partial charge on any atom is 0.261 e. The van der Waals surface area contributed by atoms with Crippen molar-refractivity contribution in [3.63, 3.8) is 0 Å². The van der Waals surface area contributed by atoms with E-state index in [0.717, 1.165) is 0 Å². The van der Waals surface area contributed by atoms with Crippen molar-refractivity contribution in [2.75, 3.05) is 13.2 Å². The maximum absolute atomic E-state index is 12.2. The summed E-state index contributed by atoms with van der Waals surface area (Å²) in [5, 5.41) is 29.8. The van der Waals surface area contributed by atoms with Crippen molar-refractivity contribution < 1.29 is 19.7 Å². The van der Waals surface area contributed by atoms with E-state index < -0.39 is 12.7 Å². The van der Waals surface area contributed by atoms with Crippen molar-refractivity contribution >= 4 is 28.8 Å². The fourth-order valence-corrected chi connectivity index (χ4v) is 3.99. The molecule has 1 aromatic carbocycles. The Labute approximate surface area is 202 Å². The maximum atomic E-state index is 12.2. The first-order chi connectivity index (χ1) is 16.4. The average Bonchev–Trinajstić information content (AvgIpc) is 3.50. The molecule has 3 heterocycles. The summed E-state index contributed by atoms with van der Waals surface area (Å²) in [5.74, 6) is 0.0422. The van der Waals surface area contributed by atoms with Crippen LogP contribution in [0.3, 0.4) is 0 Å². The molecule has 0 aliphatic rings. The molecule has 4 aromatic rings. The standard InChI is InChI=1S/C22H20ClN5O5S/c23-20-7-6-19(34-20)22(32)24-10-14-11-28(26-25-14)17-5-4-15(27-8-2-1-3-21(27)31)9-18(17)33-13-16(30)12-29/h1-9,11,16,29-30H,10,12-13H2,(H,24,32)/t16-/m0/s1. The van der Waals surface area contributed by atoms with Gasteiger partial charge in [-0.25, -0.2) is 4.68 Å². The number of hydrogen-bond donors (Lipinski definition) is 3. The van der Waals surface area contributed by atoms with Gasteiger partial charge in [-0.2, -0.15) is 0 Å². The number of amides is 1. The monoisotopic (exact) mass is 501 g/mol. The summed E-state index contributed by atoms with van der Waals surface area (Å²) in [4.78, 5) is 24.9. The number of aliphatic hydroxyl groups is 2. The van der Waals surface area contributed by atoms with Crippen molar-refractivity contribution in [2.45, 2.75) is 12.6 Å². The number of nitrogens with one attached hydrogen (secondary N) is 1. The zero-order chi connectivity index (χ0) is 24.1. The fourth-order valence-electron chi connectivity index (χ4n) is 3.03. The van der Waals surface area contributed by atoms with Gasteiger partial charge in [-0.05, 0) is 30.3 Å². The van der Waals surface area contributed by atoms with Gasteiger partial charge in [-0.1, -0.05) is 22.9 Å². The van der Waals surface area contributed by atoms with Crippen molar-refractivity contribution in [2.24, 2.45) is 0 Å². The third-order valence-electron chi connectivity index (χ3n) is 4.70. The number of nitrogens with zero attached hydrogens (tertiary/aromatic N) is 4. The van der Waals surface area contributed by atoms with Crippen LogP contribution in [0.5, 0.6) is 5.75 Å².